The lowest BCUT2D eigenvalue weighted by Gasteiger charge is -2.24. The van der Waals surface area contributed by atoms with Gasteiger partial charge in [-0.05, 0) is 13.3 Å². The summed E-state index contributed by atoms with van der Waals surface area (Å²) in [6.07, 6.45) is 0.710. The standard InChI is InChI=1S/C20H16O5/c1-10(2)8-13-14(9-21)20(25-3)16-15(19(13)24)17(22)11-6-4-5-7-12(11)18(16)23/h4-7,9,24H,1,8H2,2-3H3. The first-order chi connectivity index (χ1) is 11.9. The fourth-order valence-corrected chi connectivity index (χ4v) is 3.19. The van der Waals surface area contributed by atoms with Crippen LogP contribution in [0, 0.1) is 0 Å². The van der Waals surface area contributed by atoms with Crippen molar-refractivity contribution in [1.29, 1.82) is 0 Å². The average Bonchev–Trinajstić information content (AvgIpc) is 2.60. The minimum atomic E-state index is -0.471. The van der Waals surface area contributed by atoms with E-state index in [4.69, 9.17) is 4.74 Å². The zero-order valence-corrected chi connectivity index (χ0v) is 13.9. The monoisotopic (exact) mass is 336 g/mol. The zero-order chi connectivity index (χ0) is 18.3. The number of hydrogen-bond donors (Lipinski definition) is 1. The number of phenolic OH excluding ortho intramolecular Hbond substituents is 1. The molecule has 0 saturated heterocycles. The second-order valence-electron chi connectivity index (χ2n) is 5.98. The maximum absolute atomic E-state index is 12.9. The summed E-state index contributed by atoms with van der Waals surface area (Å²) in [6.45, 7) is 5.52. The molecule has 0 unspecified atom stereocenters. The van der Waals surface area contributed by atoms with Crippen molar-refractivity contribution in [3.05, 3.63) is 69.8 Å². The number of carbonyl (C=O) groups excluding carboxylic acids is 3. The number of phenols is 1. The predicted molar refractivity (Wildman–Crippen MR) is 91.9 cm³/mol. The molecular formula is C20H16O5. The minimum absolute atomic E-state index is 0.00639. The van der Waals surface area contributed by atoms with Gasteiger partial charge in [-0.25, -0.2) is 0 Å². The Morgan fingerprint density at radius 3 is 2.20 bits per heavy atom. The van der Waals surface area contributed by atoms with Crippen molar-refractivity contribution < 1.29 is 24.2 Å². The van der Waals surface area contributed by atoms with E-state index >= 15 is 0 Å². The molecule has 0 aromatic heterocycles. The smallest absolute Gasteiger partial charge is 0.198 e. The van der Waals surface area contributed by atoms with E-state index in [9.17, 15) is 19.5 Å². The first-order valence-electron chi connectivity index (χ1n) is 7.66. The second kappa shape index (κ2) is 6.02. The summed E-state index contributed by atoms with van der Waals surface area (Å²) >= 11 is 0. The lowest BCUT2D eigenvalue weighted by molar-refractivity contribution is 0.0973. The van der Waals surface area contributed by atoms with E-state index < -0.39 is 11.6 Å². The normalized spacial score (nSPS) is 12.4. The number of fused-ring (bicyclic) bond motifs is 2. The largest absolute Gasteiger partial charge is 0.507 e. The van der Waals surface area contributed by atoms with Crippen LogP contribution in [0.25, 0.3) is 0 Å². The third-order valence-electron chi connectivity index (χ3n) is 4.24. The highest BCUT2D eigenvalue weighted by atomic mass is 16.5. The molecule has 0 amide bonds. The molecule has 1 aliphatic carbocycles. The molecule has 0 fully saturated rings. The SMILES string of the molecule is C=C(C)Cc1c(O)c2c(c(OC)c1C=O)C(=O)c1ccccc1C2=O. The molecule has 0 atom stereocenters. The zero-order valence-electron chi connectivity index (χ0n) is 13.9. The van der Waals surface area contributed by atoms with Crippen LogP contribution < -0.4 is 4.74 Å². The highest BCUT2D eigenvalue weighted by Crippen LogP contribution is 2.43. The molecule has 0 saturated carbocycles. The molecule has 0 radical (unpaired) electrons. The summed E-state index contributed by atoms with van der Waals surface area (Å²) < 4.78 is 5.30. The highest BCUT2D eigenvalue weighted by Gasteiger charge is 2.37. The van der Waals surface area contributed by atoms with E-state index in [-0.39, 0.29) is 51.3 Å². The predicted octanol–water partition coefficient (Wildman–Crippen LogP) is 3.11. The molecular weight excluding hydrogens is 320 g/mol. The number of rotatable bonds is 4. The van der Waals surface area contributed by atoms with Gasteiger partial charge in [-0.1, -0.05) is 36.4 Å². The highest BCUT2D eigenvalue weighted by molar-refractivity contribution is 6.31. The second-order valence-corrected chi connectivity index (χ2v) is 5.98. The van der Waals surface area contributed by atoms with Crippen LogP contribution in [0.4, 0.5) is 0 Å². The number of hydrogen-bond acceptors (Lipinski definition) is 5. The molecule has 1 aliphatic rings. The van der Waals surface area contributed by atoms with E-state index in [0.717, 1.165) is 0 Å². The van der Waals surface area contributed by atoms with Gasteiger partial charge in [-0.2, -0.15) is 0 Å². The van der Waals surface area contributed by atoms with Gasteiger partial charge in [-0.15, -0.1) is 0 Å². The number of allylic oxidation sites excluding steroid dienone is 1. The van der Waals surface area contributed by atoms with E-state index in [2.05, 4.69) is 6.58 Å². The topological polar surface area (TPSA) is 80.7 Å². The molecule has 1 N–H and O–H groups in total. The minimum Gasteiger partial charge on any atom is -0.507 e. The summed E-state index contributed by atoms with van der Waals surface area (Å²) in [5.41, 5.74) is 1.23. The third-order valence-corrected chi connectivity index (χ3v) is 4.24. The van der Waals surface area contributed by atoms with Crippen molar-refractivity contribution in [1.82, 2.24) is 0 Å². The first kappa shape index (κ1) is 16.6. The summed E-state index contributed by atoms with van der Waals surface area (Å²) in [5.74, 6) is -1.29. The van der Waals surface area contributed by atoms with Gasteiger partial charge in [0.15, 0.2) is 17.9 Å². The van der Waals surface area contributed by atoms with E-state index in [1.54, 1.807) is 19.1 Å². The Hall–Kier alpha value is -3.21. The number of methoxy groups -OCH3 is 1. The van der Waals surface area contributed by atoms with Crippen molar-refractivity contribution in [3.63, 3.8) is 0 Å². The van der Waals surface area contributed by atoms with Gasteiger partial charge >= 0.3 is 0 Å². The van der Waals surface area contributed by atoms with E-state index in [1.165, 1.54) is 19.2 Å². The van der Waals surface area contributed by atoms with Crippen LogP contribution >= 0.6 is 0 Å². The number of ketones is 2. The number of carbonyl (C=O) groups is 3. The van der Waals surface area contributed by atoms with Crippen molar-refractivity contribution in [3.8, 4) is 11.5 Å². The Kier molecular flexibility index (Phi) is 4.00. The molecule has 5 nitrogen and oxygen atoms in total. The van der Waals surface area contributed by atoms with Crippen LogP contribution in [-0.4, -0.2) is 30.1 Å². The maximum Gasteiger partial charge on any atom is 0.198 e. The third kappa shape index (κ3) is 2.36. The van der Waals surface area contributed by atoms with Crippen LogP contribution in [0.5, 0.6) is 11.5 Å². The van der Waals surface area contributed by atoms with Crippen molar-refractivity contribution >= 4 is 17.9 Å². The Balaban J connectivity index is 2.44. The van der Waals surface area contributed by atoms with E-state index in [1.807, 2.05) is 0 Å². The molecule has 0 bridgehead atoms. The van der Waals surface area contributed by atoms with E-state index in [0.29, 0.717) is 11.9 Å². The van der Waals surface area contributed by atoms with Crippen molar-refractivity contribution in [2.45, 2.75) is 13.3 Å². The fourth-order valence-electron chi connectivity index (χ4n) is 3.19. The summed E-state index contributed by atoms with van der Waals surface area (Å²) in [7, 11) is 1.32. The molecule has 25 heavy (non-hydrogen) atoms. The number of aldehydes is 1. The molecule has 126 valence electrons. The molecule has 2 aromatic rings. The van der Waals surface area contributed by atoms with Gasteiger partial charge < -0.3 is 9.84 Å². The van der Waals surface area contributed by atoms with Gasteiger partial charge in [0.05, 0.1) is 23.8 Å². The first-order valence-corrected chi connectivity index (χ1v) is 7.66. The lowest BCUT2D eigenvalue weighted by atomic mass is 9.80. The van der Waals surface area contributed by atoms with Crippen LogP contribution in [0.1, 0.15) is 54.7 Å². The van der Waals surface area contributed by atoms with Crippen LogP contribution in [0.2, 0.25) is 0 Å². The Labute approximate surface area is 144 Å². The molecule has 0 heterocycles. The Morgan fingerprint density at radius 1 is 1.16 bits per heavy atom. The fraction of sp³-hybridized carbons (Fsp3) is 0.150. The summed E-state index contributed by atoms with van der Waals surface area (Å²) in [6, 6.07) is 6.38. The van der Waals surface area contributed by atoms with Gasteiger partial charge in [0.1, 0.15) is 11.5 Å². The van der Waals surface area contributed by atoms with Crippen LogP contribution in [0.3, 0.4) is 0 Å². The number of benzene rings is 2. The molecule has 5 heteroatoms. The van der Waals surface area contributed by atoms with Gasteiger partial charge in [-0.3, -0.25) is 14.4 Å². The quantitative estimate of drug-likeness (QED) is 0.585. The van der Waals surface area contributed by atoms with Gasteiger partial charge in [0, 0.05) is 16.7 Å². The van der Waals surface area contributed by atoms with Gasteiger partial charge in [0.25, 0.3) is 0 Å². The molecule has 3 rings (SSSR count). The molecule has 0 aliphatic heterocycles. The van der Waals surface area contributed by atoms with Crippen molar-refractivity contribution in [2.24, 2.45) is 0 Å². The van der Waals surface area contributed by atoms with Crippen LogP contribution in [-0.2, 0) is 6.42 Å². The molecule has 2 aromatic carbocycles. The summed E-state index contributed by atoms with van der Waals surface area (Å²) in [4.78, 5) is 37.5. The molecule has 0 spiro atoms. The maximum atomic E-state index is 12.9. The number of ether oxygens (including phenoxy) is 1. The lowest BCUT2D eigenvalue weighted by Crippen LogP contribution is -2.23. The average molecular weight is 336 g/mol. The van der Waals surface area contributed by atoms with Crippen LogP contribution in [0.15, 0.2) is 36.4 Å². The Bertz CT molecular complexity index is 953. The van der Waals surface area contributed by atoms with Crippen molar-refractivity contribution in [2.75, 3.05) is 7.11 Å². The summed E-state index contributed by atoms with van der Waals surface area (Å²) in [5, 5.41) is 10.7. The Morgan fingerprint density at radius 2 is 1.72 bits per heavy atom. The van der Waals surface area contributed by atoms with Gasteiger partial charge in [0.2, 0.25) is 0 Å². The number of aromatic hydroxyl groups is 1.